The summed E-state index contributed by atoms with van der Waals surface area (Å²) in [6.07, 6.45) is 6.90. The number of rotatable bonds is 2. The van der Waals surface area contributed by atoms with Crippen molar-refractivity contribution in [1.29, 1.82) is 0 Å². The number of Topliss-reactive ketones (excluding diaryl/α,β-unsaturated/α-hetero) is 1. The van der Waals surface area contributed by atoms with Crippen LogP contribution in [-0.2, 0) is 16.5 Å². The van der Waals surface area contributed by atoms with Crippen LogP contribution in [-0.4, -0.2) is 40.8 Å². The summed E-state index contributed by atoms with van der Waals surface area (Å²) in [6.45, 7) is 2.15. The molecule has 1 atom stereocenters. The second kappa shape index (κ2) is 5.06. The fourth-order valence-electron chi connectivity index (χ4n) is 3.13. The zero-order chi connectivity index (χ0) is 13.3. The zero-order valence-corrected chi connectivity index (χ0v) is 11.3. The standard InChI is InChI=1S/C14H20N2O3/c1-16-6-5-15-13(16)12(17)11-2-7-19-14(10-11)3-8-18-9-4-14/h5-6,11H,2-4,7-10H2,1H3. The maximum Gasteiger partial charge on any atom is 0.201 e. The first-order valence-corrected chi connectivity index (χ1v) is 6.93. The quantitative estimate of drug-likeness (QED) is 0.761. The molecule has 5 nitrogen and oxygen atoms in total. The van der Waals surface area contributed by atoms with Crippen LogP contribution in [0.1, 0.15) is 36.3 Å². The molecule has 2 fully saturated rings. The Bertz CT molecular complexity index is 458. The highest BCUT2D eigenvalue weighted by Crippen LogP contribution is 2.37. The maximum absolute atomic E-state index is 12.5. The van der Waals surface area contributed by atoms with E-state index in [0.717, 1.165) is 38.9 Å². The van der Waals surface area contributed by atoms with Gasteiger partial charge in [0, 0.05) is 45.2 Å². The Morgan fingerprint density at radius 2 is 2.21 bits per heavy atom. The zero-order valence-electron chi connectivity index (χ0n) is 11.3. The minimum atomic E-state index is -0.137. The second-order valence-electron chi connectivity index (χ2n) is 5.56. The third kappa shape index (κ3) is 2.44. The predicted octanol–water partition coefficient (Wildman–Crippen LogP) is 1.58. The SMILES string of the molecule is Cn1ccnc1C(=O)C1CCOC2(CCOCC2)C1. The Hall–Kier alpha value is -1.20. The predicted molar refractivity (Wildman–Crippen MR) is 69.0 cm³/mol. The lowest BCUT2D eigenvalue weighted by Gasteiger charge is -2.42. The van der Waals surface area contributed by atoms with Crippen molar-refractivity contribution in [3.8, 4) is 0 Å². The Balaban J connectivity index is 1.74. The largest absolute Gasteiger partial charge is 0.381 e. The van der Waals surface area contributed by atoms with Gasteiger partial charge >= 0.3 is 0 Å². The van der Waals surface area contributed by atoms with E-state index in [9.17, 15) is 4.79 Å². The molecule has 19 heavy (non-hydrogen) atoms. The van der Waals surface area contributed by atoms with Gasteiger partial charge in [0.15, 0.2) is 5.82 Å². The van der Waals surface area contributed by atoms with Gasteiger partial charge in [-0.25, -0.2) is 4.98 Å². The van der Waals surface area contributed by atoms with Crippen molar-refractivity contribution < 1.29 is 14.3 Å². The molecule has 0 bridgehead atoms. The molecule has 2 saturated heterocycles. The first-order chi connectivity index (χ1) is 9.20. The summed E-state index contributed by atoms with van der Waals surface area (Å²) in [5, 5.41) is 0. The van der Waals surface area contributed by atoms with E-state index in [4.69, 9.17) is 9.47 Å². The van der Waals surface area contributed by atoms with Crippen LogP contribution in [0.25, 0.3) is 0 Å². The lowest BCUT2D eigenvalue weighted by atomic mass is 9.79. The van der Waals surface area contributed by atoms with Crippen molar-refractivity contribution in [3.63, 3.8) is 0 Å². The van der Waals surface area contributed by atoms with Crippen LogP contribution < -0.4 is 0 Å². The van der Waals surface area contributed by atoms with Gasteiger partial charge in [-0.2, -0.15) is 0 Å². The first-order valence-electron chi connectivity index (χ1n) is 6.93. The molecular formula is C14H20N2O3. The van der Waals surface area contributed by atoms with Crippen LogP contribution in [0.2, 0.25) is 0 Å². The van der Waals surface area contributed by atoms with Crippen molar-refractivity contribution in [1.82, 2.24) is 9.55 Å². The van der Waals surface area contributed by atoms with E-state index in [-0.39, 0.29) is 17.3 Å². The van der Waals surface area contributed by atoms with Crippen molar-refractivity contribution >= 4 is 5.78 Å². The number of aryl methyl sites for hydroxylation is 1. The molecule has 3 heterocycles. The minimum absolute atomic E-state index is 0.0351. The van der Waals surface area contributed by atoms with E-state index >= 15 is 0 Å². The van der Waals surface area contributed by atoms with Gasteiger partial charge in [0.1, 0.15) is 0 Å². The van der Waals surface area contributed by atoms with Gasteiger partial charge in [0.2, 0.25) is 5.78 Å². The number of hydrogen-bond donors (Lipinski definition) is 0. The van der Waals surface area contributed by atoms with Crippen LogP contribution in [0.3, 0.4) is 0 Å². The summed E-state index contributed by atoms with van der Waals surface area (Å²) in [7, 11) is 1.86. The maximum atomic E-state index is 12.5. The van der Waals surface area contributed by atoms with Gasteiger partial charge < -0.3 is 14.0 Å². The fraction of sp³-hybridized carbons (Fsp3) is 0.714. The van der Waals surface area contributed by atoms with Crippen LogP contribution in [0, 0.1) is 5.92 Å². The number of nitrogens with zero attached hydrogens (tertiary/aromatic N) is 2. The smallest absolute Gasteiger partial charge is 0.201 e. The number of aromatic nitrogens is 2. The molecule has 0 aliphatic carbocycles. The molecule has 104 valence electrons. The Morgan fingerprint density at radius 1 is 1.42 bits per heavy atom. The van der Waals surface area contributed by atoms with E-state index in [1.807, 2.05) is 13.2 Å². The van der Waals surface area contributed by atoms with Crippen molar-refractivity contribution in [2.75, 3.05) is 19.8 Å². The monoisotopic (exact) mass is 264 g/mol. The van der Waals surface area contributed by atoms with Crippen LogP contribution in [0.4, 0.5) is 0 Å². The van der Waals surface area contributed by atoms with Crippen molar-refractivity contribution in [3.05, 3.63) is 18.2 Å². The molecule has 1 aromatic rings. The number of ketones is 1. The van der Waals surface area contributed by atoms with Crippen molar-refractivity contribution in [2.45, 2.75) is 31.3 Å². The van der Waals surface area contributed by atoms with Gasteiger partial charge in [-0.05, 0) is 25.7 Å². The first kappa shape index (κ1) is 12.8. The lowest BCUT2D eigenvalue weighted by molar-refractivity contribution is -0.142. The van der Waals surface area contributed by atoms with E-state index in [0.29, 0.717) is 12.4 Å². The molecule has 1 aromatic heterocycles. The normalized spacial score (nSPS) is 26.5. The molecule has 1 spiro atoms. The lowest BCUT2D eigenvalue weighted by Crippen LogP contribution is -2.46. The molecule has 0 saturated carbocycles. The Morgan fingerprint density at radius 3 is 2.89 bits per heavy atom. The van der Waals surface area contributed by atoms with Gasteiger partial charge in [-0.1, -0.05) is 0 Å². The molecule has 3 rings (SSSR count). The van der Waals surface area contributed by atoms with E-state index in [1.165, 1.54) is 0 Å². The Kier molecular flexibility index (Phi) is 3.41. The second-order valence-corrected chi connectivity index (χ2v) is 5.56. The van der Waals surface area contributed by atoms with E-state index < -0.39 is 0 Å². The summed E-state index contributed by atoms with van der Waals surface area (Å²) in [6, 6.07) is 0. The van der Waals surface area contributed by atoms with E-state index in [2.05, 4.69) is 4.98 Å². The Labute approximate surface area is 112 Å². The highest BCUT2D eigenvalue weighted by atomic mass is 16.5. The summed E-state index contributed by atoms with van der Waals surface area (Å²) >= 11 is 0. The van der Waals surface area contributed by atoms with Gasteiger partial charge in [0.25, 0.3) is 0 Å². The third-order valence-electron chi connectivity index (χ3n) is 4.31. The highest BCUT2D eigenvalue weighted by Gasteiger charge is 2.41. The van der Waals surface area contributed by atoms with Crippen LogP contribution in [0.15, 0.2) is 12.4 Å². The summed E-state index contributed by atoms with van der Waals surface area (Å²) < 4.78 is 13.2. The highest BCUT2D eigenvalue weighted by molar-refractivity contribution is 5.94. The number of ether oxygens (including phenoxy) is 2. The topological polar surface area (TPSA) is 53.4 Å². The molecular weight excluding hydrogens is 244 g/mol. The minimum Gasteiger partial charge on any atom is -0.381 e. The number of carbonyl (C=O) groups is 1. The summed E-state index contributed by atoms with van der Waals surface area (Å²) in [5.74, 6) is 0.753. The average Bonchev–Trinajstić information content (AvgIpc) is 2.85. The van der Waals surface area contributed by atoms with E-state index in [1.54, 1.807) is 10.8 Å². The average molecular weight is 264 g/mol. The van der Waals surface area contributed by atoms with Gasteiger partial charge in [-0.15, -0.1) is 0 Å². The number of hydrogen-bond acceptors (Lipinski definition) is 4. The fourth-order valence-corrected chi connectivity index (χ4v) is 3.13. The summed E-state index contributed by atoms with van der Waals surface area (Å²) in [5.41, 5.74) is -0.137. The molecule has 0 amide bonds. The third-order valence-corrected chi connectivity index (χ3v) is 4.31. The molecule has 0 aromatic carbocycles. The molecule has 2 aliphatic rings. The van der Waals surface area contributed by atoms with Gasteiger partial charge in [-0.3, -0.25) is 4.79 Å². The van der Waals surface area contributed by atoms with Crippen LogP contribution >= 0.6 is 0 Å². The number of imidazole rings is 1. The molecule has 0 radical (unpaired) electrons. The molecule has 0 N–H and O–H groups in total. The molecule has 5 heteroatoms. The number of carbonyl (C=O) groups excluding carboxylic acids is 1. The van der Waals surface area contributed by atoms with Gasteiger partial charge in [0.05, 0.1) is 5.60 Å². The summed E-state index contributed by atoms with van der Waals surface area (Å²) in [4.78, 5) is 16.7. The molecule has 1 unspecified atom stereocenters. The van der Waals surface area contributed by atoms with Crippen LogP contribution in [0.5, 0.6) is 0 Å². The van der Waals surface area contributed by atoms with Crippen molar-refractivity contribution in [2.24, 2.45) is 13.0 Å². The molecule has 2 aliphatic heterocycles.